The molecule has 1 fully saturated rings. The van der Waals surface area contributed by atoms with Crippen LogP contribution in [0.1, 0.15) is 12.0 Å². The van der Waals surface area contributed by atoms with Crippen molar-refractivity contribution < 1.29 is 53.7 Å². The van der Waals surface area contributed by atoms with E-state index in [1.807, 2.05) is 0 Å². The van der Waals surface area contributed by atoms with Crippen molar-refractivity contribution in [3.05, 3.63) is 17.9 Å². The Hall–Kier alpha value is -2.57. The molecule has 3 rings (SSSR count). The number of carbonyl (C=O) groups is 1. The lowest BCUT2D eigenvalue weighted by molar-refractivity contribution is -0.277. The number of fused-ring (bicyclic) bond motifs is 1. The smallest absolute Gasteiger partial charge is 0.303 e. The van der Waals surface area contributed by atoms with Crippen LogP contribution in [-0.4, -0.2) is 83.0 Å². The molecule has 0 bridgehead atoms. The van der Waals surface area contributed by atoms with Crippen LogP contribution in [-0.2, 0) is 16.0 Å². The minimum atomic E-state index is -1.67. The fourth-order valence-electron chi connectivity index (χ4n) is 3.45. The van der Waals surface area contributed by atoms with E-state index in [2.05, 4.69) is 0 Å². The van der Waals surface area contributed by atoms with Crippen molar-refractivity contribution in [1.82, 2.24) is 0 Å². The van der Waals surface area contributed by atoms with Crippen LogP contribution in [0.4, 0.5) is 0 Å². The molecule has 0 aliphatic carbocycles. The minimum Gasteiger partial charge on any atom is -0.496 e. The normalized spacial score (nSPS) is 26.5. The molecule has 30 heavy (non-hydrogen) atoms. The molecule has 0 unspecified atom stereocenters. The Morgan fingerprint density at radius 3 is 2.37 bits per heavy atom. The number of carboxylic acid groups (broad SMARTS) is 1. The molecule has 11 heteroatoms. The second-order valence-electron chi connectivity index (χ2n) is 6.75. The molecule has 2 aromatic rings. The minimum absolute atomic E-state index is 0.0112. The van der Waals surface area contributed by atoms with Gasteiger partial charge in [-0.25, -0.2) is 0 Å². The van der Waals surface area contributed by atoms with Crippen LogP contribution in [0, 0.1) is 0 Å². The third-order valence-corrected chi connectivity index (χ3v) is 4.95. The van der Waals surface area contributed by atoms with Gasteiger partial charge >= 0.3 is 5.97 Å². The van der Waals surface area contributed by atoms with Crippen molar-refractivity contribution in [2.24, 2.45) is 0 Å². The van der Waals surface area contributed by atoms with Crippen molar-refractivity contribution in [3.63, 3.8) is 0 Å². The summed E-state index contributed by atoms with van der Waals surface area (Å²) in [5, 5.41) is 49.4. The van der Waals surface area contributed by atoms with Gasteiger partial charge in [-0.1, -0.05) is 0 Å². The molecule has 11 nitrogen and oxygen atoms in total. The summed E-state index contributed by atoms with van der Waals surface area (Å²) in [7, 11) is 2.75. The predicted molar refractivity (Wildman–Crippen MR) is 99.7 cm³/mol. The Kier molecular flexibility index (Phi) is 6.68. The summed E-state index contributed by atoms with van der Waals surface area (Å²) in [5.41, 5.74) is 0.579. The van der Waals surface area contributed by atoms with Gasteiger partial charge in [0.2, 0.25) is 12.0 Å². The Morgan fingerprint density at radius 2 is 1.77 bits per heavy atom. The van der Waals surface area contributed by atoms with Crippen LogP contribution in [0.25, 0.3) is 11.0 Å². The number of furan rings is 1. The van der Waals surface area contributed by atoms with Crippen LogP contribution in [0.3, 0.4) is 0 Å². The highest BCUT2D eigenvalue weighted by molar-refractivity contribution is 5.93. The first kappa shape index (κ1) is 22.1. The second-order valence-corrected chi connectivity index (χ2v) is 6.75. The summed E-state index contributed by atoms with van der Waals surface area (Å²) in [4.78, 5) is 11.2. The molecule has 0 spiro atoms. The van der Waals surface area contributed by atoms with Gasteiger partial charge in [0.15, 0.2) is 11.3 Å². The van der Waals surface area contributed by atoms with Gasteiger partial charge in [0, 0.05) is 12.0 Å². The summed E-state index contributed by atoms with van der Waals surface area (Å²) < 4.78 is 27.6. The first-order valence-electron chi connectivity index (χ1n) is 9.17. The Morgan fingerprint density at radius 1 is 1.07 bits per heavy atom. The van der Waals surface area contributed by atoms with Crippen molar-refractivity contribution >= 4 is 16.9 Å². The highest BCUT2D eigenvalue weighted by Gasteiger charge is 2.45. The number of hydrogen-bond donors (Lipinski definition) is 5. The van der Waals surface area contributed by atoms with E-state index < -0.39 is 43.3 Å². The molecule has 1 aliphatic heterocycles. The Balaban J connectivity index is 2.10. The lowest BCUT2D eigenvalue weighted by Gasteiger charge is -2.40. The number of ether oxygens (including phenoxy) is 4. The van der Waals surface area contributed by atoms with Crippen molar-refractivity contribution in [2.45, 2.75) is 43.5 Å². The zero-order valence-electron chi connectivity index (χ0n) is 16.3. The average Bonchev–Trinajstić information content (AvgIpc) is 3.21. The molecule has 2 heterocycles. The lowest BCUT2D eigenvalue weighted by atomic mass is 9.99. The molecule has 1 aliphatic rings. The molecule has 1 aromatic carbocycles. The van der Waals surface area contributed by atoms with Crippen molar-refractivity contribution in [1.29, 1.82) is 0 Å². The second kappa shape index (κ2) is 9.06. The number of benzene rings is 1. The SMILES string of the molecule is COc1c(CCC(=O)O)c(O[C@@H]2O[C@H](CO)[C@@H](O)[C@H](O)[C@H]2O)c(OC)c2occc12. The Labute approximate surface area is 171 Å². The highest BCUT2D eigenvalue weighted by Crippen LogP contribution is 2.47. The van der Waals surface area contributed by atoms with E-state index in [0.29, 0.717) is 16.7 Å². The number of methoxy groups -OCH3 is 2. The molecule has 1 aromatic heterocycles. The predicted octanol–water partition coefficient (Wildman–Crippen LogP) is -0.354. The van der Waals surface area contributed by atoms with Crippen LogP contribution < -0.4 is 14.2 Å². The third kappa shape index (κ3) is 3.89. The van der Waals surface area contributed by atoms with Gasteiger partial charge in [-0.15, -0.1) is 0 Å². The molecule has 5 N–H and O–H groups in total. The number of aliphatic hydroxyl groups is 4. The maximum atomic E-state index is 11.2. The van der Waals surface area contributed by atoms with Gasteiger partial charge in [-0.2, -0.15) is 0 Å². The van der Waals surface area contributed by atoms with Gasteiger partial charge in [-0.3, -0.25) is 4.79 Å². The Bertz CT molecular complexity index is 890. The number of aliphatic hydroxyl groups excluding tert-OH is 4. The topological polar surface area (TPSA) is 168 Å². The molecule has 5 atom stereocenters. The maximum absolute atomic E-state index is 11.2. The standard InChI is InChI=1S/C19H24O11/c1-26-15-8(3-4-11(21)22)17(18(27-2)16-9(15)5-6-28-16)30-19-14(25)13(24)12(23)10(7-20)29-19/h5-6,10,12-14,19-20,23-25H,3-4,7H2,1-2H3,(H,21,22)/t10-,12-,13+,14-,19+/m1/s1. The van der Waals surface area contributed by atoms with E-state index in [0.717, 1.165) is 0 Å². The summed E-state index contributed by atoms with van der Waals surface area (Å²) >= 11 is 0. The molecule has 0 saturated carbocycles. The summed E-state index contributed by atoms with van der Waals surface area (Å²) in [6.45, 7) is -0.631. The third-order valence-electron chi connectivity index (χ3n) is 4.95. The number of carboxylic acids is 1. The molecule has 0 amide bonds. The number of hydrogen-bond acceptors (Lipinski definition) is 10. The van der Waals surface area contributed by atoms with E-state index >= 15 is 0 Å². The van der Waals surface area contributed by atoms with E-state index in [1.165, 1.54) is 20.5 Å². The van der Waals surface area contributed by atoms with Crippen LogP contribution >= 0.6 is 0 Å². The van der Waals surface area contributed by atoms with Crippen LogP contribution in [0.5, 0.6) is 17.2 Å². The summed E-state index contributed by atoms with van der Waals surface area (Å²) in [5.74, 6) is -0.669. The van der Waals surface area contributed by atoms with Gasteiger partial charge < -0.3 is 48.9 Å². The first-order valence-corrected chi connectivity index (χ1v) is 9.17. The summed E-state index contributed by atoms with van der Waals surface area (Å²) in [6.07, 6.45) is -6.43. The zero-order valence-corrected chi connectivity index (χ0v) is 16.3. The van der Waals surface area contributed by atoms with Crippen LogP contribution in [0.2, 0.25) is 0 Å². The van der Waals surface area contributed by atoms with E-state index in [-0.39, 0.29) is 29.9 Å². The number of aliphatic carboxylic acids is 1. The number of rotatable bonds is 8. The highest BCUT2D eigenvalue weighted by atomic mass is 16.7. The van der Waals surface area contributed by atoms with Crippen molar-refractivity contribution in [3.8, 4) is 17.2 Å². The largest absolute Gasteiger partial charge is 0.496 e. The van der Waals surface area contributed by atoms with Gasteiger partial charge in [0.1, 0.15) is 30.2 Å². The fourth-order valence-corrected chi connectivity index (χ4v) is 3.45. The van der Waals surface area contributed by atoms with Gasteiger partial charge in [0.25, 0.3) is 0 Å². The first-order chi connectivity index (χ1) is 14.3. The molecular weight excluding hydrogens is 404 g/mol. The quantitative estimate of drug-likeness (QED) is 0.372. The maximum Gasteiger partial charge on any atom is 0.303 e. The average molecular weight is 428 g/mol. The van der Waals surface area contributed by atoms with E-state index in [4.69, 9.17) is 28.5 Å². The summed E-state index contributed by atoms with van der Waals surface area (Å²) in [6, 6.07) is 1.62. The monoisotopic (exact) mass is 428 g/mol. The molecular formula is C19H24O11. The molecule has 0 radical (unpaired) electrons. The van der Waals surface area contributed by atoms with Gasteiger partial charge in [-0.05, 0) is 12.5 Å². The van der Waals surface area contributed by atoms with Crippen molar-refractivity contribution in [2.75, 3.05) is 20.8 Å². The lowest BCUT2D eigenvalue weighted by Crippen LogP contribution is -2.60. The molecule has 1 saturated heterocycles. The molecule has 166 valence electrons. The van der Waals surface area contributed by atoms with E-state index in [9.17, 15) is 25.2 Å². The van der Waals surface area contributed by atoms with Crippen LogP contribution in [0.15, 0.2) is 16.7 Å². The fraction of sp³-hybridized carbons (Fsp3) is 0.526. The van der Waals surface area contributed by atoms with E-state index in [1.54, 1.807) is 6.07 Å². The van der Waals surface area contributed by atoms with Gasteiger partial charge in [0.05, 0.1) is 32.5 Å². The zero-order chi connectivity index (χ0) is 22.0.